The van der Waals surface area contributed by atoms with Crippen LogP contribution in [0.5, 0.6) is 0 Å². The van der Waals surface area contributed by atoms with Crippen LogP contribution in [0.2, 0.25) is 0 Å². The monoisotopic (exact) mass is 375 g/mol. The highest BCUT2D eigenvalue weighted by atomic mass is 32.1. The van der Waals surface area contributed by atoms with Crippen molar-refractivity contribution < 1.29 is 14.0 Å². The van der Waals surface area contributed by atoms with Gasteiger partial charge in [-0.2, -0.15) is 5.10 Å². The minimum atomic E-state index is 0.273. The van der Waals surface area contributed by atoms with E-state index in [0.29, 0.717) is 12.3 Å². The fourth-order valence-corrected chi connectivity index (χ4v) is 5.21. The molecule has 1 fully saturated rings. The number of aromatic amines is 1. The van der Waals surface area contributed by atoms with Crippen LogP contribution in [0.15, 0.2) is 12.3 Å². The predicted octanol–water partition coefficient (Wildman–Crippen LogP) is 2.79. The van der Waals surface area contributed by atoms with E-state index >= 15 is 0 Å². The lowest BCUT2D eigenvalue weighted by Gasteiger charge is -2.37. The number of thiophene rings is 1. The SMILES string of the molecule is CC1CC(=O)c2c(NCC[N+]3(C)CCOCC3)sc(-c3ccn[nH]3)c2C1. The maximum atomic E-state index is 12.7. The summed E-state index contributed by atoms with van der Waals surface area (Å²) in [5.41, 5.74) is 3.12. The van der Waals surface area contributed by atoms with Crippen LogP contribution in [0.1, 0.15) is 29.3 Å². The van der Waals surface area contributed by atoms with E-state index in [1.807, 2.05) is 6.07 Å². The van der Waals surface area contributed by atoms with Crippen LogP contribution in [0.25, 0.3) is 10.6 Å². The van der Waals surface area contributed by atoms with Crippen LogP contribution < -0.4 is 5.32 Å². The number of ether oxygens (including phenoxy) is 1. The zero-order chi connectivity index (χ0) is 18.1. The van der Waals surface area contributed by atoms with Gasteiger partial charge in [-0.25, -0.2) is 0 Å². The predicted molar refractivity (Wildman–Crippen MR) is 104 cm³/mol. The Hall–Kier alpha value is -1.70. The zero-order valence-corrected chi connectivity index (χ0v) is 16.3. The number of quaternary nitrogens is 1. The number of fused-ring (bicyclic) bond motifs is 1. The van der Waals surface area contributed by atoms with E-state index < -0.39 is 0 Å². The second-order valence-corrected chi connectivity index (χ2v) is 8.87. The number of nitrogens with one attached hydrogen (secondary N) is 2. The Morgan fingerprint density at radius 3 is 2.92 bits per heavy atom. The molecule has 7 heteroatoms. The van der Waals surface area contributed by atoms with Crippen molar-refractivity contribution >= 4 is 22.1 Å². The minimum absolute atomic E-state index is 0.273. The highest BCUT2D eigenvalue weighted by Gasteiger charge is 2.31. The summed E-state index contributed by atoms with van der Waals surface area (Å²) in [6, 6.07) is 1.99. The van der Waals surface area contributed by atoms with Crippen molar-refractivity contribution in [1.82, 2.24) is 10.2 Å². The van der Waals surface area contributed by atoms with Crippen molar-refractivity contribution in [1.29, 1.82) is 0 Å². The number of likely N-dealkylation sites (N-methyl/N-ethyl adjacent to an activating group) is 1. The molecule has 0 bridgehead atoms. The number of Topliss-reactive ketones (excluding diaryl/α,β-unsaturated/α-hetero) is 1. The number of rotatable bonds is 5. The lowest BCUT2D eigenvalue weighted by molar-refractivity contribution is -0.915. The zero-order valence-electron chi connectivity index (χ0n) is 15.5. The molecule has 2 aromatic rings. The summed E-state index contributed by atoms with van der Waals surface area (Å²) in [6.45, 7) is 7.86. The molecule has 0 spiro atoms. The highest BCUT2D eigenvalue weighted by Crippen LogP contribution is 2.44. The average molecular weight is 376 g/mol. The Kier molecular flexibility index (Phi) is 4.86. The van der Waals surface area contributed by atoms with Crippen molar-refractivity contribution in [2.75, 3.05) is 51.8 Å². The van der Waals surface area contributed by atoms with E-state index in [1.54, 1.807) is 17.5 Å². The van der Waals surface area contributed by atoms with E-state index in [4.69, 9.17) is 4.74 Å². The fraction of sp³-hybridized carbons (Fsp3) is 0.579. The molecule has 0 radical (unpaired) electrons. The molecule has 0 saturated carbocycles. The third kappa shape index (κ3) is 3.43. The summed E-state index contributed by atoms with van der Waals surface area (Å²) in [7, 11) is 2.29. The van der Waals surface area contributed by atoms with E-state index in [-0.39, 0.29) is 5.78 Å². The van der Waals surface area contributed by atoms with Gasteiger partial charge >= 0.3 is 0 Å². The van der Waals surface area contributed by atoms with Crippen LogP contribution in [-0.4, -0.2) is 66.9 Å². The number of nitrogens with zero attached hydrogens (tertiary/aromatic N) is 2. The van der Waals surface area contributed by atoms with Gasteiger partial charge in [-0.3, -0.25) is 9.89 Å². The van der Waals surface area contributed by atoms with Crippen LogP contribution >= 0.6 is 11.3 Å². The highest BCUT2D eigenvalue weighted by molar-refractivity contribution is 7.20. The van der Waals surface area contributed by atoms with Crippen LogP contribution in [0.4, 0.5) is 5.00 Å². The van der Waals surface area contributed by atoms with Crippen LogP contribution in [0.3, 0.4) is 0 Å². The number of carbonyl (C=O) groups excluding carboxylic acids is 1. The molecule has 2 N–H and O–H groups in total. The smallest absolute Gasteiger partial charge is 0.166 e. The van der Waals surface area contributed by atoms with E-state index in [2.05, 4.69) is 29.5 Å². The molecule has 0 aromatic carbocycles. The molecule has 26 heavy (non-hydrogen) atoms. The molecule has 1 aliphatic heterocycles. The molecule has 6 nitrogen and oxygen atoms in total. The average Bonchev–Trinajstić information content (AvgIpc) is 3.23. The van der Waals surface area contributed by atoms with Crippen LogP contribution in [0, 0.1) is 5.92 Å². The molecular weight excluding hydrogens is 348 g/mol. The normalized spacial score (nSPS) is 22.2. The standard InChI is InChI=1S/C19H26N4O2S/c1-13-11-14-17(16(24)12-13)19(26-18(14)15-3-4-21-22-15)20-5-6-23(2)7-9-25-10-8-23/h3-4,13H,5-12H2,1-2H3,(H-,20,21,22,24)/p+1. The number of aromatic nitrogens is 2. The molecule has 1 aliphatic carbocycles. The molecule has 1 unspecified atom stereocenters. The minimum Gasteiger partial charge on any atom is -0.371 e. The largest absolute Gasteiger partial charge is 0.371 e. The fourth-order valence-electron chi connectivity index (χ4n) is 3.97. The maximum Gasteiger partial charge on any atom is 0.166 e. The molecule has 1 atom stereocenters. The number of hydrogen-bond donors (Lipinski definition) is 2. The van der Waals surface area contributed by atoms with E-state index in [0.717, 1.165) is 71.4 Å². The summed E-state index contributed by atoms with van der Waals surface area (Å²) >= 11 is 1.69. The van der Waals surface area contributed by atoms with Crippen molar-refractivity contribution in [3.8, 4) is 10.6 Å². The summed E-state index contributed by atoms with van der Waals surface area (Å²) < 4.78 is 6.51. The summed E-state index contributed by atoms with van der Waals surface area (Å²) in [5.74, 6) is 0.673. The van der Waals surface area contributed by atoms with Gasteiger partial charge in [-0.05, 0) is 24.0 Å². The van der Waals surface area contributed by atoms with Gasteiger partial charge in [0.05, 0.1) is 49.5 Å². The summed E-state index contributed by atoms with van der Waals surface area (Å²) in [5, 5.41) is 11.8. The van der Waals surface area contributed by atoms with Crippen LogP contribution in [-0.2, 0) is 11.2 Å². The van der Waals surface area contributed by atoms with Gasteiger partial charge in [0.15, 0.2) is 5.78 Å². The van der Waals surface area contributed by atoms with Gasteiger partial charge in [0.1, 0.15) is 18.1 Å². The Morgan fingerprint density at radius 2 is 2.19 bits per heavy atom. The first-order valence-corrected chi connectivity index (χ1v) is 10.2. The third-order valence-electron chi connectivity index (χ3n) is 5.61. The van der Waals surface area contributed by atoms with Crippen molar-refractivity contribution in [3.05, 3.63) is 23.4 Å². The Morgan fingerprint density at radius 1 is 1.38 bits per heavy atom. The summed E-state index contributed by atoms with van der Waals surface area (Å²) in [6.07, 6.45) is 3.37. The number of morpholine rings is 1. The quantitative estimate of drug-likeness (QED) is 0.789. The van der Waals surface area contributed by atoms with Gasteiger partial charge in [-0.1, -0.05) is 6.92 Å². The van der Waals surface area contributed by atoms with E-state index in [1.165, 1.54) is 5.56 Å². The molecule has 2 aliphatic rings. The number of hydrogen-bond acceptors (Lipinski definition) is 5. The Balaban J connectivity index is 1.56. The topological polar surface area (TPSA) is 67.0 Å². The Labute approximate surface area is 158 Å². The van der Waals surface area contributed by atoms with Gasteiger partial charge < -0.3 is 14.5 Å². The molecule has 2 aromatic heterocycles. The molecular formula is C19H27N4O2S+. The lowest BCUT2D eigenvalue weighted by atomic mass is 9.84. The van der Waals surface area contributed by atoms with Crippen molar-refractivity contribution in [2.24, 2.45) is 5.92 Å². The van der Waals surface area contributed by atoms with Gasteiger partial charge in [0.2, 0.25) is 0 Å². The first kappa shape index (κ1) is 17.7. The molecule has 0 amide bonds. The number of carbonyl (C=O) groups is 1. The lowest BCUT2D eigenvalue weighted by Crippen LogP contribution is -2.53. The number of anilines is 1. The van der Waals surface area contributed by atoms with Crippen molar-refractivity contribution in [3.63, 3.8) is 0 Å². The first-order chi connectivity index (χ1) is 12.6. The van der Waals surface area contributed by atoms with Crippen molar-refractivity contribution in [2.45, 2.75) is 19.8 Å². The van der Waals surface area contributed by atoms with Gasteiger partial charge in [0.25, 0.3) is 0 Å². The molecule has 140 valence electrons. The molecule has 3 heterocycles. The second-order valence-electron chi connectivity index (χ2n) is 7.85. The second kappa shape index (κ2) is 7.13. The maximum absolute atomic E-state index is 12.7. The first-order valence-electron chi connectivity index (χ1n) is 9.39. The van der Waals surface area contributed by atoms with Gasteiger partial charge in [-0.15, -0.1) is 11.3 Å². The molecule has 1 saturated heterocycles. The number of ketones is 1. The molecule has 4 rings (SSSR count). The van der Waals surface area contributed by atoms with E-state index in [9.17, 15) is 4.79 Å². The Bertz CT molecular complexity index is 778. The van der Waals surface area contributed by atoms with Gasteiger partial charge in [0, 0.05) is 12.6 Å². The number of H-pyrrole nitrogens is 1. The third-order valence-corrected chi connectivity index (χ3v) is 6.83. The summed E-state index contributed by atoms with van der Waals surface area (Å²) in [4.78, 5) is 13.9.